The highest BCUT2D eigenvalue weighted by Gasteiger charge is 2.36. The van der Waals surface area contributed by atoms with E-state index < -0.39 is 0 Å². The quantitative estimate of drug-likeness (QED) is 0.759. The molecule has 2 N–H and O–H groups in total. The van der Waals surface area contributed by atoms with E-state index in [0.29, 0.717) is 12.1 Å². The smallest absolute Gasteiger partial charge is 0.0247 e. The molecule has 2 heterocycles. The van der Waals surface area contributed by atoms with E-state index in [1.54, 1.807) is 0 Å². The van der Waals surface area contributed by atoms with Gasteiger partial charge in [-0.25, -0.2) is 0 Å². The Morgan fingerprint density at radius 2 is 1.62 bits per heavy atom. The standard InChI is InChI=1S/C13H25N3/c14-12-4-3-5-13(12)16-9-6-11(10-16)15-7-1-2-8-15/h11-13H,1-10,14H2. The van der Waals surface area contributed by atoms with E-state index in [4.69, 9.17) is 5.73 Å². The first-order chi connectivity index (χ1) is 7.84. The van der Waals surface area contributed by atoms with Crippen LogP contribution >= 0.6 is 0 Å². The van der Waals surface area contributed by atoms with Gasteiger partial charge in [-0.2, -0.15) is 0 Å². The molecular formula is C13H25N3. The maximum absolute atomic E-state index is 6.20. The van der Waals surface area contributed by atoms with Crippen molar-refractivity contribution in [2.45, 2.75) is 56.7 Å². The Morgan fingerprint density at radius 1 is 0.812 bits per heavy atom. The van der Waals surface area contributed by atoms with Crippen molar-refractivity contribution in [2.75, 3.05) is 26.2 Å². The second-order valence-corrected chi connectivity index (χ2v) is 5.84. The van der Waals surface area contributed by atoms with Crippen LogP contribution in [-0.2, 0) is 0 Å². The molecule has 0 spiro atoms. The first kappa shape index (κ1) is 11.0. The molecule has 0 radical (unpaired) electrons. The van der Waals surface area contributed by atoms with Crippen LogP contribution < -0.4 is 5.73 Å². The second-order valence-electron chi connectivity index (χ2n) is 5.84. The SMILES string of the molecule is NC1CCCC1N1CCC(N2CCCC2)C1. The molecule has 16 heavy (non-hydrogen) atoms. The van der Waals surface area contributed by atoms with E-state index in [-0.39, 0.29) is 0 Å². The average Bonchev–Trinajstić information content (AvgIpc) is 2.96. The molecule has 0 amide bonds. The molecular weight excluding hydrogens is 198 g/mol. The highest BCUT2D eigenvalue weighted by Crippen LogP contribution is 2.28. The zero-order chi connectivity index (χ0) is 11.0. The van der Waals surface area contributed by atoms with E-state index in [1.807, 2.05) is 0 Å². The van der Waals surface area contributed by atoms with Crippen molar-refractivity contribution in [3.05, 3.63) is 0 Å². The number of rotatable bonds is 2. The third-order valence-electron chi connectivity index (χ3n) is 4.85. The molecule has 2 aliphatic heterocycles. The molecule has 3 rings (SSSR count). The minimum Gasteiger partial charge on any atom is -0.326 e. The molecule has 3 nitrogen and oxygen atoms in total. The summed E-state index contributed by atoms with van der Waals surface area (Å²) in [6, 6.07) is 2.00. The number of nitrogens with zero attached hydrogens (tertiary/aromatic N) is 2. The molecule has 3 atom stereocenters. The van der Waals surface area contributed by atoms with Crippen LogP contribution in [0.15, 0.2) is 0 Å². The van der Waals surface area contributed by atoms with Crippen LogP contribution in [0, 0.1) is 0 Å². The lowest BCUT2D eigenvalue weighted by Crippen LogP contribution is -2.45. The summed E-state index contributed by atoms with van der Waals surface area (Å²) in [5, 5.41) is 0. The monoisotopic (exact) mass is 223 g/mol. The zero-order valence-corrected chi connectivity index (χ0v) is 10.3. The number of hydrogen-bond acceptors (Lipinski definition) is 3. The lowest BCUT2D eigenvalue weighted by atomic mass is 10.1. The van der Waals surface area contributed by atoms with Gasteiger partial charge in [-0.3, -0.25) is 9.80 Å². The Labute approximate surface area is 99.0 Å². The maximum Gasteiger partial charge on any atom is 0.0247 e. The molecule has 0 bridgehead atoms. The van der Waals surface area contributed by atoms with Gasteiger partial charge >= 0.3 is 0 Å². The van der Waals surface area contributed by atoms with Crippen LogP contribution in [0.3, 0.4) is 0 Å². The van der Waals surface area contributed by atoms with E-state index in [1.165, 1.54) is 64.7 Å². The molecule has 0 aromatic carbocycles. The molecule has 3 fully saturated rings. The third kappa shape index (κ3) is 2.01. The van der Waals surface area contributed by atoms with Crippen LogP contribution in [0.5, 0.6) is 0 Å². The van der Waals surface area contributed by atoms with Crippen LogP contribution in [0.4, 0.5) is 0 Å². The van der Waals surface area contributed by atoms with Gasteiger partial charge in [-0.15, -0.1) is 0 Å². The summed E-state index contributed by atoms with van der Waals surface area (Å²) in [5.41, 5.74) is 6.20. The lowest BCUT2D eigenvalue weighted by molar-refractivity contribution is 0.192. The molecule has 0 aromatic heterocycles. The van der Waals surface area contributed by atoms with Gasteiger partial charge in [0.2, 0.25) is 0 Å². The first-order valence-corrected chi connectivity index (χ1v) is 7.08. The van der Waals surface area contributed by atoms with Crippen molar-refractivity contribution in [1.29, 1.82) is 0 Å². The van der Waals surface area contributed by atoms with Gasteiger partial charge in [0.1, 0.15) is 0 Å². The summed E-state index contributed by atoms with van der Waals surface area (Å²) in [5.74, 6) is 0. The van der Waals surface area contributed by atoms with Crippen molar-refractivity contribution < 1.29 is 0 Å². The van der Waals surface area contributed by atoms with E-state index in [9.17, 15) is 0 Å². The molecule has 3 unspecified atom stereocenters. The van der Waals surface area contributed by atoms with E-state index in [2.05, 4.69) is 9.80 Å². The van der Waals surface area contributed by atoms with Gasteiger partial charge in [-0.1, -0.05) is 6.42 Å². The number of likely N-dealkylation sites (tertiary alicyclic amines) is 2. The summed E-state index contributed by atoms with van der Waals surface area (Å²) in [6.45, 7) is 5.27. The largest absolute Gasteiger partial charge is 0.326 e. The van der Waals surface area contributed by atoms with Crippen LogP contribution in [0.2, 0.25) is 0 Å². The minimum atomic E-state index is 0.456. The normalized spacial score (nSPS) is 42.2. The molecule has 3 heteroatoms. The average molecular weight is 223 g/mol. The highest BCUT2D eigenvalue weighted by molar-refractivity contribution is 4.94. The Balaban J connectivity index is 1.55. The van der Waals surface area contributed by atoms with Gasteiger partial charge in [-0.05, 0) is 45.2 Å². The van der Waals surface area contributed by atoms with Crippen molar-refractivity contribution >= 4 is 0 Å². The first-order valence-electron chi connectivity index (χ1n) is 7.08. The van der Waals surface area contributed by atoms with E-state index in [0.717, 1.165) is 6.04 Å². The Bertz CT molecular complexity index is 237. The van der Waals surface area contributed by atoms with Crippen molar-refractivity contribution in [3.8, 4) is 0 Å². The minimum absolute atomic E-state index is 0.456. The summed E-state index contributed by atoms with van der Waals surface area (Å²) < 4.78 is 0. The van der Waals surface area contributed by atoms with Crippen LogP contribution in [0.25, 0.3) is 0 Å². The molecule has 0 aromatic rings. The molecule has 1 saturated carbocycles. The van der Waals surface area contributed by atoms with Crippen LogP contribution in [0.1, 0.15) is 38.5 Å². The van der Waals surface area contributed by atoms with Crippen molar-refractivity contribution in [3.63, 3.8) is 0 Å². The fraction of sp³-hybridized carbons (Fsp3) is 1.00. The Kier molecular flexibility index (Phi) is 3.18. The predicted octanol–water partition coefficient (Wildman–Crippen LogP) is 1.04. The van der Waals surface area contributed by atoms with Crippen molar-refractivity contribution in [1.82, 2.24) is 9.80 Å². The van der Waals surface area contributed by atoms with Crippen LogP contribution in [-0.4, -0.2) is 54.1 Å². The fourth-order valence-electron chi connectivity index (χ4n) is 3.90. The van der Waals surface area contributed by atoms with Gasteiger partial charge in [0.25, 0.3) is 0 Å². The second kappa shape index (κ2) is 4.63. The molecule has 3 aliphatic rings. The number of nitrogens with two attached hydrogens (primary N) is 1. The Morgan fingerprint density at radius 3 is 2.31 bits per heavy atom. The molecule has 92 valence electrons. The van der Waals surface area contributed by atoms with E-state index >= 15 is 0 Å². The highest BCUT2D eigenvalue weighted by atomic mass is 15.3. The molecule has 2 saturated heterocycles. The summed E-state index contributed by atoms with van der Waals surface area (Å²) >= 11 is 0. The lowest BCUT2D eigenvalue weighted by Gasteiger charge is -2.29. The zero-order valence-electron chi connectivity index (χ0n) is 10.3. The fourth-order valence-corrected chi connectivity index (χ4v) is 3.90. The summed E-state index contributed by atoms with van der Waals surface area (Å²) in [6.07, 6.45) is 8.14. The predicted molar refractivity (Wildman–Crippen MR) is 66.4 cm³/mol. The topological polar surface area (TPSA) is 32.5 Å². The Hall–Kier alpha value is -0.120. The van der Waals surface area contributed by atoms with Gasteiger partial charge in [0.15, 0.2) is 0 Å². The summed E-state index contributed by atoms with van der Waals surface area (Å²) in [4.78, 5) is 5.39. The van der Waals surface area contributed by atoms with Gasteiger partial charge in [0.05, 0.1) is 0 Å². The van der Waals surface area contributed by atoms with Gasteiger partial charge in [0, 0.05) is 31.2 Å². The summed E-state index contributed by atoms with van der Waals surface area (Å²) in [7, 11) is 0. The number of hydrogen-bond donors (Lipinski definition) is 1. The van der Waals surface area contributed by atoms with Gasteiger partial charge < -0.3 is 5.73 Å². The van der Waals surface area contributed by atoms with Crippen molar-refractivity contribution in [2.24, 2.45) is 5.73 Å². The maximum atomic E-state index is 6.20. The third-order valence-corrected chi connectivity index (χ3v) is 4.85. The molecule has 1 aliphatic carbocycles.